The number of pyridine rings is 1. The first-order valence-electron chi connectivity index (χ1n) is 5.99. The molecule has 6 nitrogen and oxygen atoms in total. The highest BCUT2D eigenvalue weighted by molar-refractivity contribution is 9.10. The number of benzene rings is 1. The van der Waals surface area contributed by atoms with Crippen molar-refractivity contribution < 1.29 is 4.92 Å². The summed E-state index contributed by atoms with van der Waals surface area (Å²) >= 11 is 3.36. The maximum Gasteiger partial charge on any atom is 0.291 e. The average Bonchev–Trinajstić information content (AvgIpc) is 2.49. The molecule has 0 amide bonds. The lowest BCUT2D eigenvalue weighted by atomic mass is 10.2. The predicted molar refractivity (Wildman–Crippen MR) is 82.5 cm³/mol. The van der Waals surface area contributed by atoms with Crippen LogP contribution in [0.1, 0.15) is 11.1 Å². The minimum absolute atomic E-state index is 0.0372. The summed E-state index contributed by atoms with van der Waals surface area (Å²) in [5.41, 5.74) is 1.78. The normalized spacial score (nSPS) is 10.0. The maximum atomic E-state index is 10.9. The van der Waals surface area contributed by atoms with E-state index in [-0.39, 0.29) is 5.69 Å². The first-order valence-corrected chi connectivity index (χ1v) is 6.78. The summed E-state index contributed by atoms with van der Waals surface area (Å²) in [6, 6.07) is 9.13. The zero-order chi connectivity index (χ0) is 15.6. The van der Waals surface area contributed by atoms with E-state index < -0.39 is 4.92 Å². The van der Waals surface area contributed by atoms with Crippen LogP contribution >= 0.6 is 15.9 Å². The Bertz CT molecular complexity index is 755. The molecule has 0 fully saturated rings. The van der Waals surface area contributed by atoms with E-state index in [0.29, 0.717) is 21.4 Å². The van der Waals surface area contributed by atoms with Crippen LogP contribution in [0.4, 0.5) is 17.2 Å². The van der Waals surface area contributed by atoms with Gasteiger partial charge in [-0.3, -0.25) is 10.1 Å². The molecule has 0 spiro atoms. The average molecular weight is 347 g/mol. The number of nitro groups is 1. The molecule has 7 heteroatoms. The van der Waals surface area contributed by atoms with Crippen molar-refractivity contribution in [1.29, 1.82) is 5.26 Å². The van der Waals surface area contributed by atoms with E-state index in [4.69, 9.17) is 5.26 Å². The van der Waals surface area contributed by atoms with E-state index in [1.165, 1.54) is 6.20 Å². The number of hydrogen-bond donors (Lipinski definition) is 0. The Morgan fingerprint density at radius 3 is 2.81 bits per heavy atom. The molecule has 0 atom stereocenters. The lowest BCUT2D eigenvalue weighted by molar-refractivity contribution is -0.385. The van der Waals surface area contributed by atoms with Crippen molar-refractivity contribution in [2.75, 3.05) is 11.9 Å². The number of anilines is 2. The zero-order valence-corrected chi connectivity index (χ0v) is 13.0. The van der Waals surface area contributed by atoms with Crippen molar-refractivity contribution in [2.24, 2.45) is 0 Å². The second-order valence-electron chi connectivity index (χ2n) is 4.38. The van der Waals surface area contributed by atoms with Crippen LogP contribution in [0.2, 0.25) is 0 Å². The molecule has 1 aromatic heterocycles. The summed E-state index contributed by atoms with van der Waals surface area (Å²) in [6.45, 7) is 1.66. The van der Waals surface area contributed by atoms with Crippen LogP contribution in [0.25, 0.3) is 0 Å². The fourth-order valence-electron chi connectivity index (χ4n) is 1.88. The number of hydrogen-bond acceptors (Lipinski definition) is 5. The third-order valence-corrected chi connectivity index (χ3v) is 4.05. The number of halogens is 1. The van der Waals surface area contributed by atoms with Gasteiger partial charge in [-0.25, -0.2) is 4.98 Å². The zero-order valence-electron chi connectivity index (χ0n) is 11.4. The molecule has 2 rings (SSSR count). The van der Waals surface area contributed by atoms with Crippen molar-refractivity contribution >= 4 is 33.1 Å². The fraction of sp³-hybridized carbons (Fsp3) is 0.143. The molecule has 0 saturated carbocycles. The number of nitrogens with zero attached hydrogens (tertiary/aromatic N) is 4. The molecule has 0 radical (unpaired) electrons. The molecule has 0 bridgehead atoms. The van der Waals surface area contributed by atoms with Crippen molar-refractivity contribution in [3.8, 4) is 6.07 Å². The Labute approximate surface area is 129 Å². The van der Waals surface area contributed by atoms with Gasteiger partial charge in [0.25, 0.3) is 5.69 Å². The number of nitriles is 1. The van der Waals surface area contributed by atoms with Crippen molar-refractivity contribution in [3.63, 3.8) is 0 Å². The van der Waals surface area contributed by atoms with E-state index in [1.54, 1.807) is 37.1 Å². The molecule has 2 aromatic rings. The van der Waals surface area contributed by atoms with Gasteiger partial charge in [-0.15, -0.1) is 0 Å². The quantitative estimate of drug-likeness (QED) is 0.624. The van der Waals surface area contributed by atoms with Gasteiger partial charge in [0.2, 0.25) is 0 Å². The largest absolute Gasteiger partial charge is 0.328 e. The summed E-state index contributed by atoms with van der Waals surface area (Å²) < 4.78 is 0.557. The van der Waals surface area contributed by atoms with Gasteiger partial charge in [0, 0.05) is 18.3 Å². The molecule has 1 heterocycles. The summed E-state index contributed by atoms with van der Waals surface area (Å²) in [5.74, 6) is 0.549. The molecular weight excluding hydrogens is 336 g/mol. The SMILES string of the molecule is Cc1c([N+](=O)[O-])cnc(N(C)c2cccc(C#N)c2)c1Br. The highest BCUT2D eigenvalue weighted by Crippen LogP contribution is 2.35. The Kier molecular flexibility index (Phi) is 4.19. The van der Waals surface area contributed by atoms with Crippen LogP contribution in [0, 0.1) is 28.4 Å². The maximum absolute atomic E-state index is 10.9. The van der Waals surface area contributed by atoms with Crippen molar-refractivity contribution in [1.82, 2.24) is 4.98 Å². The Hall–Kier alpha value is -2.46. The van der Waals surface area contributed by atoms with E-state index in [1.807, 2.05) is 6.07 Å². The summed E-state index contributed by atoms with van der Waals surface area (Å²) in [5, 5.41) is 19.8. The fourth-order valence-corrected chi connectivity index (χ4v) is 2.45. The molecule has 106 valence electrons. The van der Waals surface area contributed by atoms with Gasteiger partial charge in [0.15, 0.2) is 0 Å². The number of rotatable bonds is 3. The highest BCUT2D eigenvalue weighted by atomic mass is 79.9. The van der Waals surface area contributed by atoms with Gasteiger partial charge in [-0.05, 0) is 41.1 Å². The third kappa shape index (κ3) is 2.85. The molecule has 0 aliphatic rings. The second kappa shape index (κ2) is 5.89. The molecule has 0 saturated heterocycles. The number of aromatic nitrogens is 1. The van der Waals surface area contributed by atoms with Crippen LogP contribution in [0.15, 0.2) is 34.9 Å². The van der Waals surface area contributed by atoms with Crippen LogP contribution in [0.5, 0.6) is 0 Å². The van der Waals surface area contributed by atoms with E-state index in [0.717, 1.165) is 5.69 Å². The van der Waals surface area contributed by atoms with Crippen LogP contribution in [-0.4, -0.2) is 17.0 Å². The van der Waals surface area contributed by atoms with E-state index in [2.05, 4.69) is 27.0 Å². The lowest BCUT2D eigenvalue weighted by Gasteiger charge is -2.20. The van der Waals surface area contributed by atoms with Gasteiger partial charge < -0.3 is 4.90 Å². The van der Waals surface area contributed by atoms with Gasteiger partial charge in [0.05, 0.1) is 21.0 Å². The molecule has 0 unspecified atom stereocenters. The Balaban J connectivity index is 2.49. The molecule has 0 aliphatic carbocycles. The topological polar surface area (TPSA) is 83.1 Å². The van der Waals surface area contributed by atoms with Gasteiger partial charge in [-0.2, -0.15) is 5.26 Å². The summed E-state index contributed by atoms with van der Waals surface area (Å²) in [7, 11) is 1.79. The minimum Gasteiger partial charge on any atom is -0.328 e. The highest BCUT2D eigenvalue weighted by Gasteiger charge is 2.19. The second-order valence-corrected chi connectivity index (χ2v) is 5.18. The summed E-state index contributed by atoms with van der Waals surface area (Å²) in [6.07, 6.45) is 1.24. The van der Waals surface area contributed by atoms with Crippen molar-refractivity contribution in [2.45, 2.75) is 6.92 Å². The molecular formula is C14H11BrN4O2. The smallest absolute Gasteiger partial charge is 0.291 e. The third-order valence-electron chi connectivity index (χ3n) is 3.10. The molecule has 1 aromatic carbocycles. The standard InChI is InChI=1S/C14H11BrN4O2/c1-9-12(19(20)21)8-17-14(13(9)15)18(2)11-5-3-4-10(6-11)7-16/h3-6,8H,1-2H3. The van der Waals surface area contributed by atoms with Gasteiger partial charge in [0.1, 0.15) is 12.0 Å². The molecule has 21 heavy (non-hydrogen) atoms. The van der Waals surface area contributed by atoms with Crippen LogP contribution < -0.4 is 4.90 Å². The Morgan fingerprint density at radius 2 is 2.19 bits per heavy atom. The first kappa shape index (κ1) is 14.9. The van der Waals surface area contributed by atoms with Crippen LogP contribution in [0.3, 0.4) is 0 Å². The molecule has 0 N–H and O–H groups in total. The minimum atomic E-state index is -0.465. The predicted octanol–water partition coefficient (Wildman–Crippen LogP) is 3.70. The molecule has 0 aliphatic heterocycles. The van der Waals surface area contributed by atoms with Crippen LogP contribution in [-0.2, 0) is 0 Å². The first-order chi connectivity index (χ1) is 9.95. The van der Waals surface area contributed by atoms with Crippen molar-refractivity contribution in [3.05, 3.63) is 56.2 Å². The van der Waals surface area contributed by atoms with E-state index >= 15 is 0 Å². The van der Waals surface area contributed by atoms with Gasteiger partial charge in [-0.1, -0.05) is 6.07 Å². The lowest BCUT2D eigenvalue weighted by Crippen LogP contribution is -2.13. The monoisotopic (exact) mass is 346 g/mol. The summed E-state index contributed by atoms with van der Waals surface area (Å²) in [4.78, 5) is 16.4. The Morgan fingerprint density at radius 1 is 1.48 bits per heavy atom. The van der Waals surface area contributed by atoms with Gasteiger partial charge >= 0.3 is 0 Å². The van der Waals surface area contributed by atoms with E-state index in [9.17, 15) is 10.1 Å².